The van der Waals surface area contributed by atoms with Gasteiger partial charge in [0.15, 0.2) is 0 Å². The van der Waals surface area contributed by atoms with Gasteiger partial charge in [0.25, 0.3) is 0 Å². The van der Waals surface area contributed by atoms with Crippen molar-refractivity contribution in [3.63, 3.8) is 0 Å². The number of methoxy groups -OCH3 is 1. The fourth-order valence-corrected chi connectivity index (χ4v) is 1.06. The zero-order valence-electron chi connectivity index (χ0n) is 6.46. The van der Waals surface area contributed by atoms with E-state index < -0.39 is 0 Å². The molecule has 1 atom stereocenters. The van der Waals surface area contributed by atoms with Crippen LogP contribution in [0.4, 0.5) is 0 Å². The number of hydrogen-bond acceptors (Lipinski definition) is 1. The molecule has 0 saturated carbocycles. The molecule has 0 heterocycles. The Kier molecular flexibility index (Phi) is 3.40. The molecule has 1 aromatic rings. The summed E-state index contributed by atoms with van der Waals surface area (Å²) in [6, 6.07) is 10.0. The van der Waals surface area contributed by atoms with E-state index in [1.54, 1.807) is 7.11 Å². The number of ether oxygens (including phenoxy) is 1. The Labute approximate surface area is 71.9 Å². The van der Waals surface area contributed by atoms with Crippen LogP contribution < -0.4 is 0 Å². The molecule has 0 aliphatic heterocycles. The molecule has 0 bridgehead atoms. The molecule has 0 amide bonds. The van der Waals surface area contributed by atoms with Gasteiger partial charge in [0.05, 0.1) is 0 Å². The molecule has 1 aromatic carbocycles. The normalized spacial score (nSPS) is 12.9. The maximum Gasteiger partial charge on any atom is 0.134 e. The molecule has 0 saturated heterocycles. The summed E-state index contributed by atoms with van der Waals surface area (Å²) in [5, 5.41) is 0. The Bertz CT molecular complexity index is 198. The Morgan fingerprint density at radius 3 is 2.55 bits per heavy atom. The highest BCUT2D eigenvalue weighted by Gasteiger charge is 2.01. The molecule has 2 heteroatoms. The minimum atomic E-state index is -0.211. The standard InChI is InChI=1S/C9H11ClO/c1-11-9(10)7-8-5-3-2-4-6-8/h2-6,9H,7H2,1H3. The van der Waals surface area contributed by atoms with Crippen molar-refractivity contribution in [1.82, 2.24) is 0 Å². The predicted octanol–water partition coefficient (Wildman–Crippen LogP) is 2.44. The van der Waals surface area contributed by atoms with E-state index in [4.69, 9.17) is 16.3 Å². The second-order valence-corrected chi connectivity index (χ2v) is 2.82. The maximum atomic E-state index is 5.78. The summed E-state index contributed by atoms with van der Waals surface area (Å²) in [7, 11) is 1.61. The van der Waals surface area contributed by atoms with Crippen LogP contribution in [0.5, 0.6) is 0 Å². The van der Waals surface area contributed by atoms with Crippen LogP contribution in [0.2, 0.25) is 0 Å². The molecule has 0 aromatic heterocycles. The number of benzene rings is 1. The first-order valence-electron chi connectivity index (χ1n) is 3.53. The number of rotatable bonds is 3. The van der Waals surface area contributed by atoms with Gasteiger partial charge >= 0.3 is 0 Å². The Morgan fingerprint density at radius 2 is 2.00 bits per heavy atom. The van der Waals surface area contributed by atoms with Crippen molar-refractivity contribution < 1.29 is 4.74 Å². The van der Waals surface area contributed by atoms with Crippen molar-refractivity contribution >= 4 is 11.6 Å². The monoisotopic (exact) mass is 170 g/mol. The fourth-order valence-electron chi connectivity index (χ4n) is 0.883. The highest BCUT2D eigenvalue weighted by atomic mass is 35.5. The second kappa shape index (κ2) is 4.37. The Hall–Kier alpha value is -0.530. The van der Waals surface area contributed by atoms with Crippen LogP contribution >= 0.6 is 11.6 Å². The summed E-state index contributed by atoms with van der Waals surface area (Å²) >= 11 is 5.78. The van der Waals surface area contributed by atoms with Gasteiger partial charge in [-0.25, -0.2) is 0 Å². The summed E-state index contributed by atoms with van der Waals surface area (Å²) < 4.78 is 4.92. The highest BCUT2D eigenvalue weighted by Crippen LogP contribution is 2.07. The van der Waals surface area contributed by atoms with Gasteiger partial charge in [0, 0.05) is 13.5 Å². The molecular formula is C9H11ClO. The lowest BCUT2D eigenvalue weighted by Gasteiger charge is -2.05. The van der Waals surface area contributed by atoms with E-state index >= 15 is 0 Å². The van der Waals surface area contributed by atoms with Crippen LogP contribution in [0, 0.1) is 0 Å². The van der Waals surface area contributed by atoms with Crippen molar-refractivity contribution in [3.05, 3.63) is 35.9 Å². The lowest BCUT2D eigenvalue weighted by molar-refractivity contribution is 0.168. The lowest BCUT2D eigenvalue weighted by Crippen LogP contribution is -2.04. The van der Waals surface area contributed by atoms with Crippen molar-refractivity contribution in [2.75, 3.05) is 7.11 Å². The van der Waals surface area contributed by atoms with Crippen LogP contribution in [0.25, 0.3) is 0 Å². The molecular weight excluding hydrogens is 160 g/mol. The molecule has 0 aliphatic carbocycles. The Balaban J connectivity index is 2.51. The molecule has 1 rings (SSSR count). The minimum absolute atomic E-state index is 0.211. The summed E-state index contributed by atoms with van der Waals surface area (Å²) in [5.41, 5.74) is 0.992. The topological polar surface area (TPSA) is 9.23 Å². The van der Waals surface area contributed by atoms with Gasteiger partial charge in [-0.3, -0.25) is 0 Å². The average molecular weight is 171 g/mol. The van der Waals surface area contributed by atoms with Gasteiger partial charge in [-0.05, 0) is 5.56 Å². The van der Waals surface area contributed by atoms with E-state index in [1.807, 2.05) is 30.3 Å². The van der Waals surface area contributed by atoms with Gasteiger partial charge in [-0.2, -0.15) is 0 Å². The summed E-state index contributed by atoms with van der Waals surface area (Å²) in [6.45, 7) is 0. The lowest BCUT2D eigenvalue weighted by atomic mass is 10.2. The molecule has 0 aliphatic rings. The van der Waals surface area contributed by atoms with Gasteiger partial charge in [-0.1, -0.05) is 41.9 Å². The van der Waals surface area contributed by atoms with E-state index in [-0.39, 0.29) is 5.56 Å². The van der Waals surface area contributed by atoms with Crippen LogP contribution in [0.1, 0.15) is 5.56 Å². The second-order valence-electron chi connectivity index (χ2n) is 2.34. The zero-order chi connectivity index (χ0) is 8.10. The number of halogens is 1. The van der Waals surface area contributed by atoms with E-state index in [9.17, 15) is 0 Å². The van der Waals surface area contributed by atoms with Gasteiger partial charge < -0.3 is 4.74 Å². The molecule has 0 N–H and O–H groups in total. The smallest absolute Gasteiger partial charge is 0.134 e. The quantitative estimate of drug-likeness (QED) is 0.634. The van der Waals surface area contributed by atoms with E-state index in [0.717, 1.165) is 6.42 Å². The predicted molar refractivity (Wildman–Crippen MR) is 46.8 cm³/mol. The summed E-state index contributed by atoms with van der Waals surface area (Å²) in [6.07, 6.45) is 0.763. The molecule has 0 spiro atoms. The van der Waals surface area contributed by atoms with Crippen molar-refractivity contribution in [3.8, 4) is 0 Å². The fraction of sp³-hybridized carbons (Fsp3) is 0.333. The molecule has 0 fully saturated rings. The average Bonchev–Trinajstić information content (AvgIpc) is 2.06. The van der Waals surface area contributed by atoms with Crippen molar-refractivity contribution in [2.45, 2.75) is 12.0 Å². The Morgan fingerprint density at radius 1 is 1.36 bits per heavy atom. The largest absolute Gasteiger partial charge is 0.365 e. The highest BCUT2D eigenvalue weighted by molar-refractivity contribution is 6.19. The minimum Gasteiger partial charge on any atom is -0.365 e. The SMILES string of the molecule is COC(Cl)Cc1ccccc1. The van der Waals surface area contributed by atoms with Crippen LogP contribution in [-0.2, 0) is 11.2 Å². The first-order chi connectivity index (χ1) is 5.33. The molecule has 1 nitrogen and oxygen atoms in total. The third-order valence-electron chi connectivity index (χ3n) is 1.49. The molecule has 1 unspecified atom stereocenters. The molecule has 11 heavy (non-hydrogen) atoms. The van der Waals surface area contributed by atoms with Crippen molar-refractivity contribution in [2.24, 2.45) is 0 Å². The first kappa shape index (κ1) is 8.57. The molecule has 0 radical (unpaired) electrons. The number of hydrogen-bond donors (Lipinski definition) is 0. The summed E-state index contributed by atoms with van der Waals surface area (Å²) in [4.78, 5) is 0. The van der Waals surface area contributed by atoms with Crippen LogP contribution in [0.3, 0.4) is 0 Å². The number of alkyl halides is 1. The third-order valence-corrected chi connectivity index (χ3v) is 1.83. The van der Waals surface area contributed by atoms with E-state index in [2.05, 4.69) is 0 Å². The third kappa shape index (κ3) is 2.91. The van der Waals surface area contributed by atoms with Crippen LogP contribution in [0.15, 0.2) is 30.3 Å². The summed E-state index contributed by atoms with van der Waals surface area (Å²) in [5.74, 6) is 0. The first-order valence-corrected chi connectivity index (χ1v) is 3.97. The zero-order valence-corrected chi connectivity index (χ0v) is 7.21. The maximum absolute atomic E-state index is 5.78. The van der Waals surface area contributed by atoms with Gasteiger partial charge in [0.1, 0.15) is 5.56 Å². The van der Waals surface area contributed by atoms with E-state index in [1.165, 1.54) is 5.56 Å². The van der Waals surface area contributed by atoms with E-state index in [0.29, 0.717) is 0 Å². The molecule has 60 valence electrons. The van der Waals surface area contributed by atoms with Crippen molar-refractivity contribution in [1.29, 1.82) is 0 Å². The van der Waals surface area contributed by atoms with Gasteiger partial charge in [-0.15, -0.1) is 0 Å². The van der Waals surface area contributed by atoms with Gasteiger partial charge in [0.2, 0.25) is 0 Å². The van der Waals surface area contributed by atoms with Crippen LogP contribution in [-0.4, -0.2) is 12.7 Å².